The maximum Gasteiger partial charge on any atom is 0.299 e. The highest BCUT2D eigenvalue weighted by atomic mass is 32.2. The van der Waals surface area contributed by atoms with Gasteiger partial charge in [-0.25, -0.2) is 0 Å². The third kappa shape index (κ3) is 5.30. The van der Waals surface area contributed by atoms with Gasteiger partial charge in [-0.1, -0.05) is 18.8 Å². The van der Waals surface area contributed by atoms with Crippen molar-refractivity contribution in [2.45, 2.75) is 20.3 Å². The Kier molecular flexibility index (Phi) is 5.83. The molecule has 0 atom stereocenters. The molecule has 0 aliphatic heterocycles. The van der Waals surface area contributed by atoms with Crippen LogP contribution in [0.4, 0.5) is 5.69 Å². The molecule has 0 spiro atoms. The van der Waals surface area contributed by atoms with Crippen LogP contribution in [0.3, 0.4) is 0 Å². The lowest BCUT2D eigenvalue weighted by Crippen LogP contribution is -2.30. The van der Waals surface area contributed by atoms with E-state index >= 15 is 0 Å². The van der Waals surface area contributed by atoms with Crippen molar-refractivity contribution in [1.29, 1.82) is 0 Å². The van der Waals surface area contributed by atoms with Crippen molar-refractivity contribution in [3.63, 3.8) is 0 Å². The second-order valence-corrected chi connectivity index (χ2v) is 5.54. The number of rotatable bonds is 5. The van der Waals surface area contributed by atoms with Gasteiger partial charge in [0.2, 0.25) is 0 Å². The Morgan fingerprint density at radius 1 is 1.37 bits per heavy atom. The van der Waals surface area contributed by atoms with E-state index in [0.717, 1.165) is 17.5 Å². The zero-order valence-corrected chi connectivity index (χ0v) is 12.0. The monoisotopic (exact) mass is 281 g/mol. The Hall–Kier alpha value is -1.55. The van der Waals surface area contributed by atoms with Gasteiger partial charge in [0.1, 0.15) is 0 Å². The molecule has 19 heavy (non-hydrogen) atoms. The fourth-order valence-electron chi connectivity index (χ4n) is 1.44. The normalized spacial score (nSPS) is 10.7. The van der Waals surface area contributed by atoms with Crippen molar-refractivity contribution in [3.8, 4) is 11.8 Å². The van der Waals surface area contributed by atoms with Gasteiger partial charge in [-0.2, -0.15) is 13.1 Å². The highest BCUT2D eigenvalue weighted by molar-refractivity contribution is 7.90. The second-order valence-electron chi connectivity index (χ2n) is 4.04. The first-order chi connectivity index (χ1) is 8.98. The standard InChI is InChI=1S/C13H19N3O2S/c1-3-9-15-19(17,18)16-13-7-6-12(5-4-8-14)11(2)10-13/h6-7,10,15-16H,3,8-9,14H2,1-2H3. The van der Waals surface area contributed by atoms with Gasteiger partial charge in [-0.3, -0.25) is 4.72 Å². The maximum atomic E-state index is 11.7. The minimum Gasteiger partial charge on any atom is -0.320 e. The van der Waals surface area contributed by atoms with Crippen LogP contribution in [0.25, 0.3) is 0 Å². The summed E-state index contributed by atoms with van der Waals surface area (Å²) in [5, 5.41) is 0. The molecule has 0 unspecified atom stereocenters. The zero-order valence-electron chi connectivity index (χ0n) is 11.2. The SMILES string of the molecule is CCCNS(=O)(=O)Nc1ccc(C#CCN)c(C)c1. The van der Waals surface area contributed by atoms with Crippen LogP contribution in [0.2, 0.25) is 0 Å². The first-order valence-electron chi connectivity index (χ1n) is 6.05. The molecule has 1 aromatic carbocycles. The number of aryl methyl sites for hydroxylation is 1. The number of hydrogen-bond donors (Lipinski definition) is 3. The Labute approximate surface area is 114 Å². The van der Waals surface area contributed by atoms with E-state index in [-0.39, 0.29) is 0 Å². The van der Waals surface area contributed by atoms with Crippen LogP contribution in [0.1, 0.15) is 24.5 Å². The van der Waals surface area contributed by atoms with Gasteiger partial charge in [0.15, 0.2) is 0 Å². The maximum absolute atomic E-state index is 11.7. The molecule has 0 heterocycles. The average Bonchev–Trinajstić information content (AvgIpc) is 2.35. The van der Waals surface area contributed by atoms with E-state index in [9.17, 15) is 8.42 Å². The summed E-state index contributed by atoms with van der Waals surface area (Å²) in [5.74, 6) is 5.70. The highest BCUT2D eigenvalue weighted by Crippen LogP contribution is 2.15. The lowest BCUT2D eigenvalue weighted by molar-refractivity contribution is 0.586. The van der Waals surface area contributed by atoms with E-state index < -0.39 is 10.2 Å². The van der Waals surface area contributed by atoms with E-state index in [1.807, 2.05) is 13.8 Å². The average molecular weight is 281 g/mol. The summed E-state index contributed by atoms with van der Waals surface area (Å²) in [6.07, 6.45) is 0.744. The summed E-state index contributed by atoms with van der Waals surface area (Å²) < 4.78 is 28.2. The van der Waals surface area contributed by atoms with Crippen molar-refractivity contribution in [3.05, 3.63) is 29.3 Å². The number of nitrogens with one attached hydrogen (secondary N) is 2. The molecule has 1 aromatic rings. The van der Waals surface area contributed by atoms with Crippen molar-refractivity contribution >= 4 is 15.9 Å². The summed E-state index contributed by atoms with van der Waals surface area (Å²) in [4.78, 5) is 0. The van der Waals surface area contributed by atoms with E-state index in [0.29, 0.717) is 18.8 Å². The van der Waals surface area contributed by atoms with Gasteiger partial charge in [-0.15, -0.1) is 0 Å². The molecule has 1 rings (SSSR count). The summed E-state index contributed by atoms with van der Waals surface area (Å²) in [7, 11) is -3.50. The fraction of sp³-hybridized carbons (Fsp3) is 0.385. The van der Waals surface area contributed by atoms with E-state index in [2.05, 4.69) is 21.3 Å². The highest BCUT2D eigenvalue weighted by Gasteiger charge is 2.08. The molecule has 0 fully saturated rings. The van der Waals surface area contributed by atoms with Crippen LogP contribution in [0, 0.1) is 18.8 Å². The van der Waals surface area contributed by atoms with Gasteiger partial charge in [0.25, 0.3) is 10.2 Å². The van der Waals surface area contributed by atoms with Crippen molar-refractivity contribution in [1.82, 2.24) is 4.72 Å². The number of nitrogens with two attached hydrogens (primary N) is 1. The van der Waals surface area contributed by atoms with Gasteiger partial charge in [0.05, 0.1) is 12.2 Å². The third-order valence-electron chi connectivity index (χ3n) is 2.35. The second kappa shape index (κ2) is 7.14. The van der Waals surface area contributed by atoms with Gasteiger partial charge >= 0.3 is 0 Å². The molecule has 4 N–H and O–H groups in total. The first kappa shape index (κ1) is 15.5. The number of hydrogen-bond acceptors (Lipinski definition) is 3. The van der Waals surface area contributed by atoms with Crippen LogP contribution >= 0.6 is 0 Å². The molecular formula is C13H19N3O2S. The molecule has 6 heteroatoms. The van der Waals surface area contributed by atoms with Gasteiger partial charge in [0, 0.05) is 12.1 Å². The summed E-state index contributed by atoms with van der Waals surface area (Å²) in [6, 6.07) is 5.19. The molecule has 0 saturated carbocycles. The number of anilines is 1. The quantitative estimate of drug-likeness (QED) is 0.703. The predicted octanol–water partition coefficient (Wildman–Crippen LogP) is 0.962. The van der Waals surface area contributed by atoms with E-state index in [4.69, 9.17) is 5.73 Å². The van der Waals surface area contributed by atoms with Crippen LogP contribution in [-0.2, 0) is 10.2 Å². The lowest BCUT2D eigenvalue weighted by atomic mass is 10.1. The Balaban J connectivity index is 2.84. The number of benzene rings is 1. The summed E-state index contributed by atoms with van der Waals surface area (Å²) in [6.45, 7) is 4.48. The van der Waals surface area contributed by atoms with E-state index in [1.54, 1.807) is 18.2 Å². The molecule has 0 aliphatic rings. The molecule has 0 aromatic heterocycles. The molecule has 104 valence electrons. The Bertz CT molecular complexity index is 586. The Morgan fingerprint density at radius 2 is 2.11 bits per heavy atom. The van der Waals surface area contributed by atoms with Crippen LogP contribution < -0.4 is 15.2 Å². The lowest BCUT2D eigenvalue weighted by Gasteiger charge is -2.09. The van der Waals surface area contributed by atoms with Crippen LogP contribution in [0.15, 0.2) is 18.2 Å². The first-order valence-corrected chi connectivity index (χ1v) is 7.54. The largest absolute Gasteiger partial charge is 0.320 e. The summed E-state index contributed by atoms with van der Waals surface area (Å²) >= 11 is 0. The molecular weight excluding hydrogens is 262 g/mol. The Morgan fingerprint density at radius 3 is 2.68 bits per heavy atom. The predicted molar refractivity (Wildman–Crippen MR) is 77.9 cm³/mol. The van der Waals surface area contributed by atoms with E-state index in [1.165, 1.54) is 0 Å². The molecule has 0 amide bonds. The van der Waals surface area contributed by atoms with Gasteiger partial charge < -0.3 is 5.73 Å². The minimum absolute atomic E-state index is 0.300. The zero-order chi connectivity index (χ0) is 14.3. The third-order valence-corrected chi connectivity index (χ3v) is 3.43. The molecule has 0 bridgehead atoms. The molecule has 0 saturated heterocycles. The molecule has 5 nitrogen and oxygen atoms in total. The minimum atomic E-state index is -3.50. The van der Waals surface area contributed by atoms with Gasteiger partial charge in [-0.05, 0) is 37.1 Å². The van der Waals surface area contributed by atoms with Crippen molar-refractivity contribution in [2.24, 2.45) is 5.73 Å². The van der Waals surface area contributed by atoms with Crippen molar-refractivity contribution < 1.29 is 8.42 Å². The summed E-state index contributed by atoms with van der Waals surface area (Å²) in [5.41, 5.74) is 7.57. The smallest absolute Gasteiger partial charge is 0.299 e. The fourth-order valence-corrected chi connectivity index (χ4v) is 2.42. The van der Waals surface area contributed by atoms with Crippen LogP contribution in [0.5, 0.6) is 0 Å². The topological polar surface area (TPSA) is 84.2 Å². The van der Waals surface area contributed by atoms with Crippen molar-refractivity contribution in [2.75, 3.05) is 17.8 Å². The molecule has 0 aliphatic carbocycles. The molecule has 0 radical (unpaired) electrons. The van der Waals surface area contributed by atoms with Crippen LogP contribution in [-0.4, -0.2) is 21.5 Å².